The molecule has 0 radical (unpaired) electrons. The third kappa shape index (κ3) is 3.29. The fraction of sp³-hybridized carbons (Fsp3) is 0.909. The van der Waals surface area contributed by atoms with Crippen molar-refractivity contribution in [3.8, 4) is 0 Å². The van der Waals surface area contributed by atoms with Crippen molar-refractivity contribution in [2.24, 2.45) is 11.8 Å². The highest BCUT2D eigenvalue weighted by Crippen LogP contribution is 2.25. The first-order valence-corrected chi connectivity index (χ1v) is 5.53. The molecule has 0 aromatic heterocycles. The standard InChI is InChI=1S/C11H21NO2/c1-8(2)6-11(14)12-10-5-3-4-9(10)7-13/h8-10,13H,3-7H2,1-2H3,(H,12,14). The summed E-state index contributed by atoms with van der Waals surface area (Å²) in [7, 11) is 0. The predicted molar refractivity (Wildman–Crippen MR) is 55.8 cm³/mol. The van der Waals surface area contributed by atoms with Gasteiger partial charge in [-0.15, -0.1) is 0 Å². The van der Waals surface area contributed by atoms with E-state index in [4.69, 9.17) is 5.11 Å². The molecular weight excluding hydrogens is 178 g/mol. The van der Waals surface area contributed by atoms with Crippen LogP contribution in [0.25, 0.3) is 0 Å². The zero-order chi connectivity index (χ0) is 10.6. The van der Waals surface area contributed by atoms with Crippen LogP contribution < -0.4 is 5.32 Å². The molecule has 1 rings (SSSR count). The third-order valence-electron chi connectivity index (χ3n) is 2.83. The first-order chi connectivity index (χ1) is 6.63. The van der Waals surface area contributed by atoms with Crippen LogP contribution in [0.4, 0.5) is 0 Å². The number of aliphatic hydroxyl groups is 1. The van der Waals surface area contributed by atoms with E-state index in [0.29, 0.717) is 12.3 Å². The largest absolute Gasteiger partial charge is 0.396 e. The smallest absolute Gasteiger partial charge is 0.220 e. The molecule has 0 aliphatic heterocycles. The van der Waals surface area contributed by atoms with E-state index in [9.17, 15) is 4.79 Å². The van der Waals surface area contributed by atoms with Crippen molar-refractivity contribution in [2.45, 2.75) is 45.6 Å². The molecule has 14 heavy (non-hydrogen) atoms. The van der Waals surface area contributed by atoms with Crippen LogP contribution in [0.5, 0.6) is 0 Å². The molecule has 1 aliphatic rings. The number of hydrogen-bond donors (Lipinski definition) is 2. The summed E-state index contributed by atoms with van der Waals surface area (Å²) in [5.74, 6) is 0.820. The van der Waals surface area contributed by atoms with Gasteiger partial charge in [-0.2, -0.15) is 0 Å². The van der Waals surface area contributed by atoms with Gasteiger partial charge in [0.1, 0.15) is 0 Å². The Morgan fingerprint density at radius 1 is 1.50 bits per heavy atom. The van der Waals surface area contributed by atoms with Crippen molar-refractivity contribution in [1.82, 2.24) is 5.32 Å². The van der Waals surface area contributed by atoms with E-state index in [2.05, 4.69) is 5.32 Å². The van der Waals surface area contributed by atoms with E-state index in [0.717, 1.165) is 19.3 Å². The quantitative estimate of drug-likeness (QED) is 0.717. The lowest BCUT2D eigenvalue weighted by Crippen LogP contribution is -2.38. The summed E-state index contributed by atoms with van der Waals surface area (Å²) < 4.78 is 0. The van der Waals surface area contributed by atoms with Crippen molar-refractivity contribution in [3.05, 3.63) is 0 Å². The van der Waals surface area contributed by atoms with Crippen LogP contribution in [0.1, 0.15) is 39.5 Å². The van der Waals surface area contributed by atoms with Crippen LogP contribution in [0.15, 0.2) is 0 Å². The Morgan fingerprint density at radius 3 is 2.79 bits per heavy atom. The Kier molecular flexibility index (Phi) is 4.39. The van der Waals surface area contributed by atoms with Crippen molar-refractivity contribution < 1.29 is 9.90 Å². The monoisotopic (exact) mass is 199 g/mol. The average Bonchev–Trinajstić information content (AvgIpc) is 2.50. The first kappa shape index (κ1) is 11.5. The Morgan fingerprint density at radius 2 is 2.21 bits per heavy atom. The van der Waals surface area contributed by atoms with Crippen LogP contribution >= 0.6 is 0 Å². The molecule has 0 saturated heterocycles. The molecule has 82 valence electrons. The van der Waals surface area contributed by atoms with E-state index in [1.165, 1.54) is 0 Å². The maximum atomic E-state index is 11.5. The summed E-state index contributed by atoms with van der Waals surface area (Å²) in [5.41, 5.74) is 0. The van der Waals surface area contributed by atoms with Crippen molar-refractivity contribution in [1.29, 1.82) is 0 Å². The van der Waals surface area contributed by atoms with Gasteiger partial charge in [0.2, 0.25) is 5.91 Å². The third-order valence-corrected chi connectivity index (χ3v) is 2.83. The molecule has 0 bridgehead atoms. The number of carbonyl (C=O) groups excluding carboxylic acids is 1. The van der Waals surface area contributed by atoms with Crippen LogP contribution in [0.2, 0.25) is 0 Å². The van der Waals surface area contributed by atoms with Crippen LogP contribution in [-0.2, 0) is 4.79 Å². The maximum Gasteiger partial charge on any atom is 0.220 e. The Balaban J connectivity index is 2.32. The molecule has 1 saturated carbocycles. The lowest BCUT2D eigenvalue weighted by Gasteiger charge is -2.19. The molecule has 1 amide bonds. The van der Waals surface area contributed by atoms with Gasteiger partial charge in [0, 0.05) is 25.0 Å². The maximum absolute atomic E-state index is 11.5. The molecule has 2 N–H and O–H groups in total. The fourth-order valence-electron chi connectivity index (χ4n) is 2.08. The lowest BCUT2D eigenvalue weighted by atomic mass is 10.0. The molecule has 2 atom stereocenters. The lowest BCUT2D eigenvalue weighted by molar-refractivity contribution is -0.122. The second kappa shape index (κ2) is 5.35. The zero-order valence-electron chi connectivity index (χ0n) is 9.12. The van der Waals surface area contributed by atoms with E-state index < -0.39 is 0 Å². The fourth-order valence-corrected chi connectivity index (χ4v) is 2.08. The molecule has 3 nitrogen and oxygen atoms in total. The molecular formula is C11H21NO2. The summed E-state index contributed by atoms with van der Waals surface area (Å²) in [6.45, 7) is 4.28. The van der Waals surface area contributed by atoms with Gasteiger partial charge in [-0.1, -0.05) is 20.3 Å². The number of rotatable bonds is 4. The summed E-state index contributed by atoms with van der Waals surface area (Å²) in [5, 5.41) is 12.1. The summed E-state index contributed by atoms with van der Waals surface area (Å²) >= 11 is 0. The normalized spacial score (nSPS) is 26.9. The van der Waals surface area contributed by atoms with Crippen LogP contribution in [0, 0.1) is 11.8 Å². The SMILES string of the molecule is CC(C)CC(=O)NC1CCCC1CO. The minimum Gasteiger partial charge on any atom is -0.396 e. The van der Waals surface area contributed by atoms with E-state index in [-0.39, 0.29) is 24.5 Å². The number of hydrogen-bond acceptors (Lipinski definition) is 2. The second-order valence-corrected chi connectivity index (χ2v) is 4.65. The van der Waals surface area contributed by atoms with Gasteiger partial charge in [0.15, 0.2) is 0 Å². The highest BCUT2D eigenvalue weighted by Gasteiger charge is 2.27. The summed E-state index contributed by atoms with van der Waals surface area (Å²) in [6.07, 6.45) is 3.78. The van der Waals surface area contributed by atoms with Gasteiger partial charge in [0.25, 0.3) is 0 Å². The van der Waals surface area contributed by atoms with Crippen LogP contribution in [-0.4, -0.2) is 23.7 Å². The zero-order valence-corrected chi connectivity index (χ0v) is 9.12. The minimum atomic E-state index is 0.130. The molecule has 0 aromatic carbocycles. The molecule has 0 aromatic rings. The van der Waals surface area contributed by atoms with Crippen LogP contribution in [0.3, 0.4) is 0 Å². The van der Waals surface area contributed by atoms with E-state index >= 15 is 0 Å². The second-order valence-electron chi connectivity index (χ2n) is 4.65. The van der Waals surface area contributed by atoms with Gasteiger partial charge in [-0.25, -0.2) is 0 Å². The van der Waals surface area contributed by atoms with E-state index in [1.807, 2.05) is 13.8 Å². The van der Waals surface area contributed by atoms with Gasteiger partial charge in [0.05, 0.1) is 0 Å². The first-order valence-electron chi connectivity index (χ1n) is 5.53. The van der Waals surface area contributed by atoms with Gasteiger partial charge >= 0.3 is 0 Å². The van der Waals surface area contributed by atoms with Crippen molar-refractivity contribution in [2.75, 3.05) is 6.61 Å². The molecule has 1 fully saturated rings. The number of aliphatic hydroxyl groups excluding tert-OH is 1. The van der Waals surface area contributed by atoms with Crippen molar-refractivity contribution in [3.63, 3.8) is 0 Å². The molecule has 1 aliphatic carbocycles. The minimum absolute atomic E-state index is 0.130. The molecule has 2 unspecified atom stereocenters. The molecule has 3 heteroatoms. The van der Waals surface area contributed by atoms with Gasteiger partial charge < -0.3 is 10.4 Å². The Bertz CT molecular complexity index is 192. The van der Waals surface area contributed by atoms with E-state index in [1.54, 1.807) is 0 Å². The molecule has 0 spiro atoms. The number of nitrogens with one attached hydrogen (secondary N) is 1. The topological polar surface area (TPSA) is 49.3 Å². The number of amides is 1. The Hall–Kier alpha value is -0.570. The molecule has 0 heterocycles. The van der Waals surface area contributed by atoms with Gasteiger partial charge in [-0.05, 0) is 18.8 Å². The predicted octanol–water partition coefficient (Wildman–Crippen LogP) is 1.31. The Labute approximate surface area is 85.9 Å². The highest BCUT2D eigenvalue weighted by molar-refractivity contribution is 5.76. The summed E-state index contributed by atoms with van der Waals surface area (Å²) in [6, 6.07) is 0.214. The highest BCUT2D eigenvalue weighted by atomic mass is 16.3. The average molecular weight is 199 g/mol. The van der Waals surface area contributed by atoms with Gasteiger partial charge in [-0.3, -0.25) is 4.79 Å². The number of carbonyl (C=O) groups is 1. The summed E-state index contributed by atoms with van der Waals surface area (Å²) in [4.78, 5) is 11.5. The van der Waals surface area contributed by atoms with Crippen molar-refractivity contribution >= 4 is 5.91 Å².